The van der Waals surface area contributed by atoms with Gasteiger partial charge < -0.3 is 14.9 Å². The smallest absolute Gasteiger partial charge is 0.353 e. The Morgan fingerprint density at radius 2 is 1.27 bits per heavy atom. The summed E-state index contributed by atoms with van der Waals surface area (Å²) in [5, 5.41) is 8.92. The van der Waals surface area contributed by atoms with Crippen molar-refractivity contribution in [2.24, 2.45) is 5.16 Å². The molecule has 4 aromatic rings. The molecule has 9 heteroatoms. The van der Waals surface area contributed by atoms with Gasteiger partial charge in [-0.15, -0.1) is 11.3 Å². The average Bonchev–Trinajstić information content (AvgIpc) is 3.40. The zero-order chi connectivity index (χ0) is 29.7. The lowest BCUT2D eigenvalue weighted by atomic mass is 9.77. The van der Waals surface area contributed by atoms with E-state index in [1.807, 2.05) is 54.6 Å². The van der Waals surface area contributed by atoms with Crippen molar-refractivity contribution in [2.45, 2.75) is 51.4 Å². The first kappa shape index (κ1) is 30.0. The van der Waals surface area contributed by atoms with Gasteiger partial charge in [-0.1, -0.05) is 96.2 Å². The summed E-state index contributed by atoms with van der Waals surface area (Å²) in [6, 6.07) is 30.2. The topological polar surface area (TPSA) is 89.9 Å². The van der Waals surface area contributed by atoms with E-state index in [0.717, 1.165) is 16.7 Å². The van der Waals surface area contributed by atoms with Crippen LogP contribution in [0.1, 0.15) is 57.0 Å². The van der Waals surface area contributed by atoms with E-state index < -0.39 is 28.0 Å². The normalized spacial score (nSPS) is 12.5. The molecular formula is C32H32ClN3O4S. The number of hydrogen-bond donors (Lipinski definition) is 1. The molecule has 0 amide bonds. The summed E-state index contributed by atoms with van der Waals surface area (Å²) in [7, 11) is 0. The number of ether oxygens (including phenoxy) is 1. The number of esters is 1. The predicted octanol–water partition coefficient (Wildman–Crippen LogP) is 7.15. The molecule has 0 spiro atoms. The molecule has 1 heterocycles. The first-order chi connectivity index (χ1) is 19.4. The zero-order valence-electron chi connectivity index (χ0n) is 23.6. The molecule has 0 aliphatic carbocycles. The van der Waals surface area contributed by atoms with Crippen LogP contribution in [0, 0.1) is 0 Å². The van der Waals surface area contributed by atoms with Crippen LogP contribution in [0.4, 0.5) is 5.13 Å². The van der Waals surface area contributed by atoms with Crippen molar-refractivity contribution in [1.82, 2.24) is 4.98 Å². The molecule has 0 saturated heterocycles. The Morgan fingerprint density at radius 3 is 1.68 bits per heavy atom. The fourth-order valence-electron chi connectivity index (χ4n) is 4.16. The lowest BCUT2D eigenvalue weighted by Gasteiger charge is -2.36. The highest BCUT2D eigenvalue weighted by molar-refractivity contribution is 7.14. The Morgan fingerprint density at radius 1 is 0.805 bits per heavy atom. The third kappa shape index (κ3) is 7.01. The Hall–Kier alpha value is -4.01. The van der Waals surface area contributed by atoms with Crippen molar-refractivity contribution in [1.29, 1.82) is 0 Å². The summed E-state index contributed by atoms with van der Waals surface area (Å²) in [5.74, 6) is -0.630. The van der Waals surface area contributed by atoms with Crippen LogP contribution < -0.4 is 5.32 Å². The second-order valence-electron chi connectivity index (χ2n) is 10.8. The van der Waals surface area contributed by atoms with Gasteiger partial charge in [0.05, 0.1) is 0 Å². The molecule has 0 radical (unpaired) electrons. The van der Waals surface area contributed by atoms with Gasteiger partial charge in [-0.3, -0.25) is 4.79 Å². The van der Waals surface area contributed by atoms with E-state index in [4.69, 9.17) is 21.2 Å². The number of thiazole rings is 1. The van der Waals surface area contributed by atoms with E-state index in [0.29, 0.717) is 5.13 Å². The molecule has 0 aliphatic rings. The van der Waals surface area contributed by atoms with E-state index in [1.165, 1.54) is 25.2 Å². The third-order valence-corrected chi connectivity index (χ3v) is 7.04. The number of aromatic nitrogens is 1. The maximum Gasteiger partial charge on any atom is 0.353 e. The van der Waals surface area contributed by atoms with Crippen molar-refractivity contribution < 1.29 is 19.2 Å². The molecule has 4 rings (SSSR count). The van der Waals surface area contributed by atoms with Crippen molar-refractivity contribution in [3.05, 3.63) is 119 Å². The zero-order valence-corrected chi connectivity index (χ0v) is 25.1. The largest absolute Gasteiger partial charge is 0.457 e. The summed E-state index contributed by atoms with van der Waals surface area (Å²) in [6.45, 7) is 8.26. The molecule has 0 unspecified atom stereocenters. The van der Waals surface area contributed by atoms with Crippen molar-refractivity contribution >= 4 is 45.0 Å². The van der Waals surface area contributed by atoms with Gasteiger partial charge in [0.1, 0.15) is 16.8 Å². The number of nitrogens with zero attached hydrogens (tertiary/aromatic N) is 2. The molecule has 0 saturated carbocycles. The van der Waals surface area contributed by atoms with Crippen LogP contribution in [0.2, 0.25) is 0 Å². The van der Waals surface area contributed by atoms with Gasteiger partial charge in [-0.05, 0) is 62.9 Å². The highest BCUT2D eigenvalue weighted by Gasteiger charge is 2.38. The number of rotatable bonds is 10. The van der Waals surface area contributed by atoms with Crippen LogP contribution in [-0.4, -0.2) is 33.1 Å². The van der Waals surface area contributed by atoms with Gasteiger partial charge in [0.25, 0.3) is 5.24 Å². The maximum absolute atomic E-state index is 12.6. The molecule has 212 valence electrons. The molecule has 1 N–H and O–H groups in total. The second-order valence-corrected chi connectivity index (χ2v) is 12.0. The van der Waals surface area contributed by atoms with Gasteiger partial charge in [0.15, 0.2) is 10.8 Å². The number of carbonyl (C=O) groups excluding carboxylic acids is 2. The number of anilines is 1. The first-order valence-corrected chi connectivity index (χ1v) is 14.3. The van der Waals surface area contributed by atoms with Gasteiger partial charge in [0.2, 0.25) is 5.60 Å². The third-order valence-electron chi connectivity index (χ3n) is 6.10. The molecule has 0 aliphatic heterocycles. The van der Waals surface area contributed by atoms with Gasteiger partial charge in [-0.2, -0.15) is 0 Å². The molecule has 1 aromatic heterocycles. The van der Waals surface area contributed by atoms with Crippen molar-refractivity contribution in [3.8, 4) is 0 Å². The van der Waals surface area contributed by atoms with Gasteiger partial charge in [-0.25, -0.2) is 9.78 Å². The summed E-state index contributed by atoms with van der Waals surface area (Å²) in [4.78, 5) is 35.2. The first-order valence-electron chi connectivity index (χ1n) is 13.0. The molecular weight excluding hydrogens is 558 g/mol. The average molecular weight is 590 g/mol. The Balaban J connectivity index is 1.74. The second kappa shape index (κ2) is 12.2. The monoisotopic (exact) mass is 589 g/mol. The molecule has 3 aromatic carbocycles. The SMILES string of the molecule is CC(C)(C)OC(=O)C(C)(C)O/N=C(\C(=O)Cl)c1csc(NC(c2ccccc2)(c2ccccc2)c2ccccc2)n1. The van der Waals surface area contributed by atoms with E-state index >= 15 is 0 Å². The van der Waals surface area contributed by atoms with Crippen LogP contribution in [0.25, 0.3) is 0 Å². The summed E-state index contributed by atoms with van der Waals surface area (Å²) < 4.78 is 5.41. The predicted molar refractivity (Wildman–Crippen MR) is 163 cm³/mol. The standard InChI is InChI=1S/C32H32ClN3O4S/c1-30(2,3)39-28(38)31(4,5)40-36-26(27(33)37)25-21-41-29(34-25)35-32(22-15-9-6-10-16-22,23-17-11-7-12-18-23)24-19-13-8-14-20-24/h6-21H,1-5H3,(H,34,35)/b36-26-. The highest BCUT2D eigenvalue weighted by Crippen LogP contribution is 2.40. The molecule has 0 atom stereocenters. The van der Waals surface area contributed by atoms with E-state index in [2.05, 4.69) is 51.9 Å². The van der Waals surface area contributed by atoms with Crippen LogP contribution in [0.15, 0.2) is 102 Å². The Kier molecular flexibility index (Phi) is 8.95. The number of carbonyl (C=O) groups is 2. The van der Waals surface area contributed by atoms with Crippen LogP contribution in [0.3, 0.4) is 0 Å². The minimum atomic E-state index is -1.47. The number of hydrogen-bond acceptors (Lipinski definition) is 8. The minimum Gasteiger partial charge on any atom is -0.457 e. The fourth-order valence-corrected chi connectivity index (χ4v) is 5.04. The Labute approximate surface area is 249 Å². The van der Waals surface area contributed by atoms with E-state index in [-0.39, 0.29) is 11.4 Å². The Bertz CT molecular complexity index is 1420. The van der Waals surface area contributed by atoms with Gasteiger partial charge in [0, 0.05) is 5.38 Å². The van der Waals surface area contributed by atoms with Crippen LogP contribution >= 0.6 is 22.9 Å². The van der Waals surface area contributed by atoms with E-state index in [1.54, 1.807) is 26.2 Å². The molecule has 7 nitrogen and oxygen atoms in total. The summed E-state index contributed by atoms with van der Waals surface area (Å²) >= 11 is 7.19. The van der Waals surface area contributed by atoms with Crippen LogP contribution in [0.5, 0.6) is 0 Å². The van der Waals surface area contributed by atoms with E-state index in [9.17, 15) is 9.59 Å². The van der Waals surface area contributed by atoms with Crippen molar-refractivity contribution in [2.75, 3.05) is 5.32 Å². The van der Waals surface area contributed by atoms with Gasteiger partial charge >= 0.3 is 5.97 Å². The molecule has 41 heavy (non-hydrogen) atoms. The summed E-state index contributed by atoms with van der Waals surface area (Å²) in [6.07, 6.45) is 0. The fraction of sp³-hybridized carbons (Fsp3) is 0.250. The van der Waals surface area contributed by atoms with Crippen molar-refractivity contribution in [3.63, 3.8) is 0 Å². The quantitative estimate of drug-likeness (QED) is 0.0694. The summed E-state index contributed by atoms with van der Waals surface area (Å²) in [5.41, 5.74) is -0.0127. The van der Waals surface area contributed by atoms with Crippen LogP contribution in [-0.2, 0) is 24.7 Å². The molecule has 0 bridgehead atoms. The number of nitrogens with one attached hydrogen (secondary N) is 1. The lowest BCUT2D eigenvalue weighted by Crippen LogP contribution is -2.40. The molecule has 0 fully saturated rings. The maximum atomic E-state index is 12.6. The number of benzene rings is 3. The highest BCUT2D eigenvalue weighted by atomic mass is 35.5. The number of halogens is 1. The minimum absolute atomic E-state index is 0.209. The number of oxime groups is 1. The lowest BCUT2D eigenvalue weighted by molar-refractivity contribution is -0.179.